The van der Waals surface area contributed by atoms with Gasteiger partial charge < -0.3 is 20.6 Å². The van der Waals surface area contributed by atoms with Crippen LogP contribution in [0.4, 0.5) is 0 Å². The van der Waals surface area contributed by atoms with E-state index in [0.717, 1.165) is 32.4 Å². The molecule has 2 atom stereocenters. The molecule has 2 saturated heterocycles. The Bertz CT molecular complexity index is 229. The van der Waals surface area contributed by atoms with E-state index in [1.54, 1.807) is 4.90 Å². The smallest absolute Gasteiger partial charge is 0.238 e. The maximum absolute atomic E-state index is 11.7. The van der Waals surface area contributed by atoms with Gasteiger partial charge in [0.1, 0.15) is 6.23 Å². The average molecular weight is 213 g/mol. The molecule has 3 N–H and O–H groups in total. The van der Waals surface area contributed by atoms with E-state index in [2.05, 4.69) is 10.6 Å². The van der Waals surface area contributed by atoms with E-state index < -0.39 is 6.23 Å². The van der Waals surface area contributed by atoms with Crippen LogP contribution in [0.25, 0.3) is 0 Å². The Labute approximate surface area is 89.8 Å². The summed E-state index contributed by atoms with van der Waals surface area (Å²) < 4.78 is 0. The summed E-state index contributed by atoms with van der Waals surface area (Å²) in [5.74, 6) is 0.0203. The van der Waals surface area contributed by atoms with Gasteiger partial charge in [-0.1, -0.05) is 0 Å². The predicted molar refractivity (Wildman–Crippen MR) is 56.2 cm³/mol. The van der Waals surface area contributed by atoms with Gasteiger partial charge >= 0.3 is 0 Å². The van der Waals surface area contributed by atoms with Crippen molar-refractivity contribution in [3.05, 3.63) is 0 Å². The molecule has 0 aromatic heterocycles. The first-order valence-corrected chi connectivity index (χ1v) is 5.69. The van der Waals surface area contributed by atoms with Crippen molar-refractivity contribution in [1.29, 1.82) is 0 Å². The Morgan fingerprint density at radius 3 is 3.00 bits per heavy atom. The largest absolute Gasteiger partial charge is 0.374 e. The summed E-state index contributed by atoms with van der Waals surface area (Å²) in [6.07, 6.45) is 2.16. The zero-order chi connectivity index (χ0) is 10.7. The molecule has 5 nitrogen and oxygen atoms in total. The lowest BCUT2D eigenvalue weighted by Crippen LogP contribution is -2.44. The summed E-state index contributed by atoms with van der Waals surface area (Å²) in [4.78, 5) is 13.3. The summed E-state index contributed by atoms with van der Waals surface area (Å²) in [6.45, 7) is 3.02. The Balaban J connectivity index is 1.71. The first-order chi connectivity index (χ1) is 7.27. The van der Waals surface area contributed by atoms with Gasteiger partial charge in [-0.15, -0.1) is 0 Å². The van der Waals surface area contributed by atoms with Crippen LogP contribution < -0.4 is 10.6 Å². The second-order valence-corrected chi connectivity index (χ2v) is 4.28. The van der Waals surface area contributed by atoms with Gasteiger partial charge in [0.25, 0.3) is 0 Å². The summed E-state index contributed by atoms with van der Waals surface area (Å²) in [7, 11) is 0. The maximum atomic E-state index is 11.7. The number of nitrogens with zero attached hydrogens (tertiary/aromatic N) is 1. The lowest BCUT2D eigenvalue weighted by molar-refractivity contribution is -0.137. The molecule has 2 aliphatic heterocycles. The molecular formula is C10H19N3O2. The number of aliphatic hydroxyl groups is 1. The molecule has 0 aromatic carbocycles. The Hall–Kier alpha value is -0.650. The Morgan fingerprint density at radius 1 is 1.53 bits per heavy atom. The second kappa shape index (κ2) is 4.92. The number of carbonyl (C=O) groups excluding carboxylic acids is 1. The highest BCUT2D eigenvalue weighted by Crippen LogP contribution is 2.14. The van der Waals surface area contributed by atoms with Crippen molar-refractivity contribution in [2.75, 3.05) is 26.2 Å². The van der Waals surface area contributed by atoms with Crippen molar-refractivity contribution >= 4 is 5.91 Å². The van der Waals surface area contributed by atoms with Crippen molar-refractivity contribution in [3.63, 3.8) is 0 Å². The molecule has 15 heavy (non-hydrogen) atoms. The summed E-state index contributed by atoms with van der Waals surface area (Å²) in [5.41, 5.74) is 0. The summed E-state index contributed by atoms with van der Waals surface area (Å²) in [5, 5.41) is 16.0. The molecule has 0 spiro atoms. The molecule has 0 saturated carbocycles. The second-order valence-electron chi connectivity index (χ2n) is 4.28. The quantitative estimate of drug-likeness (QED) is 0.555. The van der Waals surface area contributed by atoms with E-state index in [1.807, 2.05) is 0 Å². The third-order valence-electron chi connectivity index (χ3n) is 3.14. The fourth-order valence-electron chi connectivity index (χ4n) is 2.20. The number of aliphatic hydroxyl groups excluding tert-OH is 1. The molecule has 2 rings (SSSR count). The van der Waals surface area contributed by atoms with Crippen LogP contribution in [0.2, 0.25) is 0 Å². The molecule has 0 aliphatic carbocycles. The van der Waals surface area contributed by atoms with Gasteiger partial charge in [-0.25, -0.2) is 0 Å². The summed E-state index contributed by atoms with van der Waals surface area (Å²) in [6, 6.07) is 0.411. The number of likely N-dealkylation sites (tertiary alicyclic amines) is 1. The molecule has 0 bridgehead atoms. The molecule has 2 aliphatic rings. The van der Waals surface area contributed by atoms with Gasteiger partial charge in [0.05, 0.1) is 6.54 Å². The van der Waals surface area contributed by atoms with Crippen molar-refractivity contribution in [2.45, 2.75) is 31.5 Å². The lowest BCUT2D eigenvalue weighted by Gasteiger charge is -2.21. The van der Waals surface area contributed by atoms with E-state index >= 15 is 0 Å². The fraction of sp³-hybridized carbons (Fsp3) is 0.900. The van der Waals surface area contributed by atoms with Crippen LogP contribution in [0.5, 0.6) is 0 Å². The fourth-order valence-corrected chi connectivity index (χ4v) is 2.20. The van der Waals surface area contributed by atoms with Crippen molar-refractivity contribution in [1.82, 2.24) is 15.5 Å². The number of hydrogen-bond acceptors (Lipinski definition) is 4. The Morgan fingerprint density at radius 2 is 2.40 bits per heavy atom. The highest BCUT2D eigenvalue weighted by atomic mass is 16.3. The van der Waals surface area contributed by atoms with Gasteiger partial charge in [0.2, 0.25) is 5.91 Å². The molecular weight excluding hydrogens is 194 g/mol. The van der Waals surface area contributed by atoms with Gasteiger partial charge in [-0.3, -0.25) is 4.79 Å². The van der Waals surface area contributed by atoms with E-state index in [0.29, 0.717) is 19.1 Å². The van der Waals surface area contributed by atoms with Crippen LogP contribution in [0.1, 0.15) is 19.3 Å². The third-order valence-corrected chi connectivity index (χ3v) is 3.14. The van der Waals surface area contributed by atoms with Crippen molar-refractivity contribution in [2.24, 2.45) is 0 Å². The minimum Gasteiger partial charge on any atom is -0.374 e. The SMILES string of the molecule is O=C(CN[C@@H]1CCNC1)N1CCCC1O. The number of rotatable bonds is 3. The minimum absolute atomic E-state index is 0.0203. The zero-order valence-corrected chi connectivity index (χ0v) is 8.91. The van der Waals surface area contributed by atoms with Gasteiger partial charge in [0.15, 0.2) is 0 Å². The van der Waals surface area contributed by atoms with E-state index in [9.17, 15) is 9.90 Å². The average Bonchev–Trinajstić information content (AvgIpc) is 2.84. The van der Waals surface area contributed by atoms with Gasteiger partial charge in [0, 0.05) is 19.1 Å². The Kier molecular flexibility index (Phi) is 3.56. The van der Waals surface area contributed by atoms with Crippen LogP contribution in [0, 0.1) is 0 Å². The highest BCUT2D eigenvalue weighted by molar-refractivity contribution is 5.78. The molecule has 5 heteroatoms. The monoisotopic (exact) mass is 213 g/mol. The van der Waals surface area contributed by atoms with Crippen molar-refractivity contribution < 1.29 is 9.90 Å². The first kappa shape index (κ1) is 10.9. The van der Waals surface area contributed by atoms with E-state index in [-0.39, 0.29) is 5.91 Å². The van der Waals surface area contributed by atoms with Crippen LogP contribution >= 0.6 is 0 Å². The van der Waals surface area contributed by atoms with Crippen LogP contribution in [0.15, 0.2) is 0 Å². The normalized spacial score (nSPS) is 31.1. The molecule has 0 aromatic rings. The number of amides is 1. The minimum atomic E-state index is -0.555. The predicted octanol–water partition coefficient (Wildman–Crippen LogP) is -1.12. The number of hydrogen-bond donors (Lipinski definition) is 3. The molecule has 2 fully saturated rings. The lowest BCUT2D eigenvalue weighted by atomic mass is 10.2. The van der Waals surface area contributed by atoms with E-state index in [4.69, 9.17) is 0 Å². The number of carbonyl (C=O) groups is 1. The van der Waals surface area contributed by atoms with Crippen molar-refractivity contribution in [3.8, 4) is 0 Å². The first-order valence-electron chi connectivity index (χ1n) is 5.69. The number of nitrogens with one attached hydrogen (secondary N) is 2. The third kappa shape index (κ3) is 2.68. The van der Waals surface area contributed by atoms with Gasteiger partial charge in [-0.2, -0.15) is 0 Å². The molecule has 1 unspecified atom stereocenters. The van der Waals surface area contributed by atoms with Gasteiger partial charge in [-0.05, 0) is 25.8 Å². The molecule has 1 amide bonds. The molecule has 0 radical (unpaired) electrons. The van der Waals surface area contributed by atoms with Crippen LogP contribution in [-0.4, -0.2) is 54.4 Å². The maximum Gasteiger partial charge on any atom is 0.238 e. The topological polar surface area (TPSA) is 64.6 Å². The highest BCUT2D eigenvalue weighted by Gasteiger charge is 2.26. The zero-order valence-electron chi connectivity index (χ0n) is 8.91. The standard InChI is InChI=1S/C10H19N3O2/c14-9-2-1-5-13(9)10(15)7-12-8-3-4-11-6-8/h8-9,11-12,14H,1-7H2/t8-,9?/m1/s1. The van der Waals surface area contributed by atoms with E-state index in [1.165, 1.54) is 0 Å². The van der Waals surface area contributed by atoms with Crippen LogP contribution in [0.3, 0.4) is 0 Å². The molecule has 2 heterocycles. The van der Waals surface area contributed by atoms with Crippen LogP contribution in [-0.2, 0) is 4.79 Å². The summed E-state index contributed by atoms with van der Waals surface area (Å²) >= 11 is 0. The molecule has 86 valence electrons.